The van der Waals surface area contributed by atoms with Crippen molar-refractivity contribution >= 4 is 23.8 Å². The summed E-state index contributed by atoms with van der Waals surface area (Å²) in [6, 6.07) is 0. The fourth-order valence-corrected chi connectivity index (χ4v) is 3.39. The van der Waals surface area contributed by atoms with E-state index in [0.717, 1.165) is 24.3 Å². The summed E-state index contributed by atoms with van der Waals surface area (Å²) in [5.74, 6) is 1.66. The Morgan fingerprint density at radius 3 is 2.43 bits per heavy atom. The monoisotopic (exact) mass is 344 g/mol. The van der Waals surface area contributed by atoms with E-state index in [9.17, 15) is 14.7 Å². The fraction of sp³-hybridized carbons (Fsp3) is 0.750. The predicted molar refractivity (Wildman–Crippen MR) is 92.5 cm³/mol. The average molecular weight is 344 g/mol. The van der Waals surface area contributed by atoms with Crippen LogP contribution in [-0.2, 0) is 9.53 Å². The molecule has 0 aromatic rings. The molecule has 2 amide bonds. The van der Waals surface area contributed by atoms with Crippen molar-refractivity contribution in [3.63, 3.8) is 0 Å². The van der Waals surface area contributed by atoms with E-state index in [1.54, 1.807) is 33.8 Å². The molecule has 3 N–H and O–H groups in total. The lowest BCUT2D eigenvalue weighted by molar-refractivity contribution is -0.120. The molecule has 0 saturated carbocycles. The molecule has 0 spiro atoms. The highest BCUT2D eigenvalue weighted by atomic mass is 32.2. The van der Waals surface area contributed by atoms with Gasteiger partial charge in [-0.2, -0.15) is 11.8 Å². The van der Waals surface area contributed by atoms with Gasteiger partial charge in [-0.1, -0.05) is 6.08 Å². The number of ether oxygens (including phenoxy) is 1. The third-order valence-corrected chi connectivity index (χ3v) is 4.53. The number of carbonyl (C=O) groups is 2. The minimum Gasteiger partial charge on any atom is -0.444 e. The van der Waals surface area contributed by atoms with Crippen LogP contribution in [0, 0.1) is 0 Å². The Morgan fingerprint density at radius 2 is 1.91 bits per heavy atom. The summed E-state index contributed by atoms with van der Waals surface area (Å²) in [6.07, 6.45) is 2.66. The number of thioether (sulfide) groups is 1. The Morgan fingerprint density at radius 1 is 1.30 bits per heavy atom. The minimum atomic E-state index is -0.549. The van der Waals surface area contributed by atoms with Crippen molar-refractivity contribution in [3.8, 4) is 0 Å². The zero-order valence-corrected chi connectivity index (χ0v) is 15.2. The van der Waals surface area contributed by atoms with E-state index in [-0.39, 0.29) is 19.1 Å². The number of nitrogens with one attached hydrogen (secondary N) is 2. The second kappa shape index (κ2) is 8.59. The summed E-state index contributed by atoms with van der Waals surface area (Å²) in [4.78, 5) is 23.8. The second-order valence-electron chi connectivity index (χ2n) is 6.77. The van der Waals surface area contributed by atoms with Crippen LogP contribution in [0.4, 0.5) is 4.79 Å². The van der Waals surface area contributed by atoms with Crippen molar-refractivity contribution in [3.05, 3.63) is 11.6 Å². The molecule has 0 bridgehead atoms. The highest BCUT2D eigenvalue weighted by molar-refractivity contribution is 7.99. The van der Waals surface area contributed by atoms with Gasteiger partial charge in [-0.3, -0.25) is 4.79 Å². The third-order valence-electron chi connectivity index (χ3n) is 3.54. The van der Waals surface area contributed by atoms with E-state index in [2.05, 4.69) is 10.6 Å². The summed E-state index contributed by atoms with van der Waals surface area (Å²) in [7, 11) is 0. The first-order chi connectivity index (χ1) is 10.7. The molecule has 1 aliphatic rings. The lowest BCUT2D eigenvalue weighted by Gasteiger charge is -2.36. The summed E-state index contributed by atoms with van der Waals surface area (Å²) in [5.41, 5.74) is -0.560. The van der Waals surface area contributed by atoms with E-state index in [0.29, 0.717) is 5.57 Å². The standard InChI is InChI=1S/C16H28N2O4S/c1-12(5-8-17-14(21)22-15(2,3)4)13(20)18-16(11-19)6-9-23-10-7-16/h5,19H,6-11H2,1-4H3,(H,17,21)(H,18,20)/b12-5+. The molecular formula is C16H28N2O4S. The van der Waals surface area contributed by atoms with Gasteiger partial charge in [-0.25, -0.2) is 4.79 Å². The number of aliphatic hydroxyl groups is 1. The van der Waals surface area contributed by atoms with Crippen LogP contribution >= 0.6 is 11.8 Å². The zero-order chi connectivity index (χ0) is 17.5. The number of alkyl carbamates (subject to hydrolysis) is 1. The lowest BCUT2D eigenvalue weighted by Crippen LogP contribution is -2.53. The normalized spacial score (nSPS) is 18.2. The van der Waals surface area contributed by atoms with Crippen LogP contribution in [-0.4, -0.2) is 52.9 Å². The smallest absolute Gasteiger partial charge is 0.407 e. The first-order valence-electron chi connectivity index (χ1n) is 7.82. The van der Waals surface area contributed by atoms with Gasteiger partial charge in [-0.05, 0) is 52.0 Å². The molecule has 1 fully saturated rings. The maximum Gasteiger partial charge on any atom is 0.407 e. The Hall–Kier alpha value is -1.21. The topological polar surface area (TPSA) is 87.7 Å². The molecule has 0 atom stereocenters. The molecule has 1 rings (SSSR count). The van der Waals surface area contributed by atoms with Gasteiger partial charge < -0.3 is 20.5 Å². The van der Waals surface area contributed by atoms with Crippen LogP contribution in [0.25, 0.3) is 0 Å². The number of amides is 2. The maximum atomic E-state index is 12.2. The molecule has 0 radical (unpaired) electrons. The van der Waals surface area contributed by atoms with E-state index in [4.69, 9.17) is 4.74 Å². The summed E-state index contributed by atoms with van der Waals surface area (Å²) in [6.45, 7) is 7.22. The van der Waals surface area contributed by atoms with Crippen LogP contribution in [0.1, 0.15) is 40.5 Å². The van der Waals surface area contributed by atoms with Crippen molar-refractivity contribution in [2.24, 2.45) is 0 Å². The lowest BCUT2D eigenvalue weighted by atomic mass is 9.93. The average Bonchev–Trinajstić information content (AvgIpc) is 2.46. The van der Waals surface area contributed by atoms with E-state index < -0.39 is 17.2 Å². The molecule has 0 unspecified atom stereocenters. The predicted octanol–water partition coefficient (Wildman–Crippen LogP) is 1.83. The molecule has 0 aromatic heterocycles. The number of rotatable bonds is 5. The van der Waals surface area contributed by atoms with Gasteiger partial charge in [0.1, 0.15) is 5.60 Å². The Labute approximate surface area is 142 Å². The van der Waals surface area contributed by atoms with Crippen LogP contribution in [0.2, 0.25) is 0 Å². The first-order valence-corrected chi connectivity index (χ1v) is 8.98. The van der Waals surface area contributed by atoms with Gasteiger partial charge in [0.15, 0.2) is 0 Å². The van der Waals surface area contributed by atoms with E-state index in [1.165, 1.54) is 0 Å². The van der Waals surface area contributed by atoms with Gasteiger partial charge in [0.05, 0.1) is 12.1 Å². The largest absolute Gasteiger partial charge is 0.444 e. The summed E-state index contributed by atoms with van der Waals surface area (Å²) < 4.78 is 5.12. The van der Waals surface area contributed by atoms with Crippen molar-refractivity contribution in [2.45, 2.75) is 51.7 Å². The molecule has 1 aliphatic heterocycles. The van der Waals surface area contributed by atoms with Crippen LogP contribution < -0.4 is 10.6 Å². The molecule has 0 aliphatic carbocycles. The van der Waals surface area contributed by atoms with Gasteiger partial charge in [-0.15, -0.1) is 0 Å². The Bertz CT molecular complexity index is 451. The quantitative estimate of drug-likeness (QED) is 0.662. The van der Waals surface area contributed by atoms with Crippen molar-refractivity contribution in [2.75, 3.05) is 24.7 Å². The zero-order valence-electron chi connectivity index (χ0n) is 14.4. The van der Waals surface area contributed by atoms with Crippen molar-refractivity contribution < 1.29 is 19.4 Å². The van der Waals surface area contributed by atoms with E-state index in [1.807, 2.05) is 11.8 Å². The van der Waals surface area contributed by atoms with Gasteiger partial charge in [0, 0.05) is 12.1 Å². The van der Waals surface area contributed by atoms with Gasteiger partial charge in [0.2, 0.25) is 5.91 Å². The van der Waals surface area contributed by atoms with Crippen LogP contribution in [0.5, 0.6) is 0 Å². The molecule has 23 heavy (non-hydrogen) atoms. The number of carbonyl (C=O) groups excluding carboxylic acids is 2. The first kappa shape index (κ1) is 19.8. The van der Waals surface area contributed by atoms with Crippen molar-refractivity contribution in [1.29, 1.82) is 0 Å². The fourth-order valence-electron chi connectivity index (χ4n) is 2.12. The third kappa shape index (κ3) is 7.26. The number of aliphatic hydroxyl groups excluding tert-OH is 1. The highest BCUT2D eigenvalue weighted by Gasteiger charge is 2.33. The van der Waals surface area contributed by atoms with Gasteiger partial charge >= 0.3 is 6.09 Å². The highest BCUT2D eigenvalue weighted by Crippen LogP contribution is 2.26. The molecule has 0 aromatic carbocycles. The minimum absolute atomic E-state index is 0.0528. The van der Waals surface area contributed by atoms with Gasteiger partial charge in [0.25, 0.3) is 0 Å². The molecule has 1 heterocycles. The van der Waals surface area contributed by atoms with Crippen molar-refractivity contribution in [1.82, 2.24) is 10.6 Å². The maximum absolute atomic E-state index is 12.2. The van der Waals surface area contributed by atoms with Crippen LogP contribution in [0.15, 0.2) is 11.6 Å². The summed E-state index contributed by atoms with van der Waals surface area (Å²) >= 11 is 1.83. The van der Waals surface area contributed by atoms with Crippen LogP contribution in [0.3, 0.4) is 0 Å². The SMILES string of the molecule is C/C(=C\CNC(=O)OC(C)(C)C)C(=O)NC1(CO)CCSCC1. The number of hydrogen-bond acceptors (Lipinski definition) is 5. The van der Waals surface area contributed by atoms with E-state index >= 15 is 0 Å². The molecule has 7 heteroatoms. The summed E-state index contributed by atoms with van der Waals surface area (Å²) in [5, 5.41) is 15.1. The Kier molecular flexibility index (Phi) is 7.41. The number of hydrogen-bond donors (Lipinski definition) is 3. The Balaban J connectivity index is 2.47. The molecule has 6 nitrogen and oxygen atoms in total. The molecular weight excluding hydrogens is 316 g/mol. The molecule has 132 valence electrons. The second-order valence-corrected chi connectivity index (χ2v) is 8.00. The molecule has 1 saturated heterocycles.